The van der Waals surface area contributed by atoms with Crippen molar-refractivity contribution < 1.29 is 14.3 Å². The molecule has 0 aliphatic rings. The summed E-state index contributed by atoms with van der Waals surface area (Å²) in [6, 6.07) is 5.55. The molecule has 5 nitrogen and oxygen atoms in total. The molecule has 1 heterocycles. The number of esters is 1. The predicted molar refractivity (Wildman–Crippen MR) is 86.4 cm³/mol. The minimum absolute atomic E-state index is 0.166. The monoisotopic (exact) mass is 318 g/mol. The topological polar surface area (TPSA) is 68.3 Å². The van der Waals surface area contributed by atoms with Crippen LogP contribution in [-0.4, -0.2) is 24.0 Å². The Morgan fingerprint density at radius 2 is 1.95 bits per heavy atom. The van der Waals surface area contributed by atoms with E-state index in [-0.39, 0.29) is 18.3 Å². The van der Waals surface area contributed by atoms with Crippen molar-refractivity contribution in [2.75, 3.05) is 12.4 Å². The van der Waals surface area contributed by atoms with Crippen LogP contribution in [0.25, 0.3) is 0 Å². The Kier molecular flexibility index (Phi) is 4.92. The molecule has 0 atom stereocenters. The van der Waals surface area contributed by atoms with Gasteiger partial charge in [-0.2, -0.15) is 0 Å². The number of rotatable bonds is 4. The quantitative estimate of drug-likeness (QED) is 0.880. The number of benzene rings is 1. The van der Waals surface area contributed by atoms with E-state index in [1.165, 1.54) is 18.4 Å². The zero-order chi connectivity index (χ0) is 16.3. The second-order valence-electron chi connectivity index (χ2n) is 5.03. The lowest BCUT2D eigenvalue weighted by Gasteiger charge is -2.04. The summed E-state index contributed by atoms with van der Waals surface area (Å²) in [5.74, 6) is -0.528. The van der Waals surface area contributed by atoms with Crippen molar-refractivity contribution in [2.24, 2.45) is 0 Å². The summed E-state index contributed by atoms with van der Waals surface area (Å²) >= 11 is 1.29. The van der Waals surface area contributed by atoms with Crippen LogP contribution in [0.15, 0.2) is 18.2 Å². The van der Waals surface area contributed by atoms with Crippen molar-refractivity contribution in [2.45, 2.75) is 27.2 Å². The molecule has 0 spiro atoms. The second kappa shape index (κ2) is 6.70. The van der Waals surface area contributed by atoms with Crippen LogP contribution in [0.2, 0.25) is 0 Å². The highest BCUT2D eigenvalue weighted by Gasteiger charge is 2.14. The zero-order valence-corrected chi connectivity index (χ0v) is 13.8. The molecule has 2 aromatic rings. The van der Waals surface area contributed by atoms with E-state index in [4.69, 9.17) is 0 Å². The summed E-state index contributed by atoms with van der Waals surface area (Å²) in [6.45, 7) is 5.77. The van der Waals surface area contributed by atoms with Crippen LogP contribution in [0.4, 0.5) is 5.13 Å². The Labute approximate surface area is 133 Å². The Balaban J connectivity index is 2.13. The van der Waals surface area contributed by atoms with Gasteiger partial charge in [0.15, 0.2) is 5.13 Å². The van der Waals surface area contributed by atoms with Crippen LogP contribution >= 0.6 is 11.3 Å². The first-order valence-electron chi connectivity index (χ1n) is 6.82. The number of aromatic nitrogens is 1. The molecule has 1 amide bonds. The number of anilines is 1. The second-order valence-corrected chi connectivity index (χ2v) is 6.12. The number of amides is 1. The van der Waals surface area contributed by atoms with E-state index in [0.29, 0.717) is 10.7 Å². The number of carbonyl (C=O) groups is 2. The number of carbonyl (C=O) groups excluding carboxylic acids is 2. The van der Waals surface area contributed by atoms with Crippen LogP contribution < -0.4 is 5.32 Å². The molecule has 6 heteroatoms. The van der Waals surface area contributed by atoms with E-state index in [1.54, 1.807) is 13.0 Å². The maximum absolute atomic E-state index is 12.2. The number of aryl methyl sites for hydroxylation is 3. The Morgan fingerprint density at radius 3 is 2.59 bits per heavy atom. The molecular formula is C16H18N2O3S. The summed E-state index contributed by atoms with van der Waals surface area (Å²) in [7, 11) is 1.35. The molecule has 0 saturated heterocycles. The van der Waals surface area contributed by atoms with Gasteiger partial charge >= 0.3 is 5.97 Å². The molecule has 1 aromatic carbocycles. The maximum Gasteiger partial charge on any atom is 0.310 e. The van der Waals surface area contributed by atoms with E-state index in [1.807, 2.05) is 26.0 Å². The lowest BCUT2D eigenvalue weighted by Crippen LogP contribution is -2.12. The molecular weight excluding hydrogens is 300 g/mol. The van der Waals surface area contributed by atoms with Crippen molar-refractivity contribution >= 4 is 28.3 Å². The van der Waals surface area contributed by atoms with E-state index in [9.17, 15) is 9.59 Å². The van der Waals surface area contributed by atoms with Gasteiger partial charge in [0.2, 0.25) is 0 Å². The molecule has 0 radical (unpaired) electrons. The number of ether oxygens (including phenoxy) is 1. The van der Waals surface area contributed by atoms with Crippen LogP contribution in [0.3, 0.4) is 0 Å². The summed E-state index contributed by atoms with van der Waals surface area (Å²) < 4.78 is 4.65. The Hall–Kier alpha value is -2.21. The average molecular weight is 318 g/mol. The van der Waals surface area contributed by atoms with Gasteiger partial charge in [-0.25, -0.2) is 4.98 Å². The number of thiazole rings is 1. The molecule has 2 rings (SSSR count). The SMILES string of the molecule is COC(=O)Cc1sc(NC(=O)c2ccc(C)c(C)c2)nc1C. The number of methoxy groups -OCH3 is 1. The van der Waals surface area contributed by atoms with Crippen LogP contribution in [0.5, 0.6) is 0 Å². The molecule has 0 aliphatic carbocycles. The summed E-state index contributed by atoms with van der Waals surface area (Å²) in [5, 5.41) is 3.26. The number of nitrogens with zero attached hydrogens (tertiary/aromatic N) is 1. The van der Waals surface area contributed by atoms with Gasteiger partial charge in [-0.15, -0.1) is 11.3 Å². The van der Waals surface area contributed by atoms with Crippen molar-refractivity contribution in [3.63, 3.8) is 0 Å². The zero-order valence-electron chi connectivity index (χ0n) is 13.0. The standard InChI is InChI=1S/C16H18N2O3S/c1-9-5-6-12(7-10(9)2)15(20)18-16-17-11(3)13(22-16)8-14(19)21-4/h5-7H,8H2,1-4H3,(H,17,18,20). The van der Waals surface area contributed by atoms with Crippen LogP contribution in [0, 0.1) is 20.8 Å². The van der Waals surface area contributed by atoms with Gasteiger partial charge in [-0.05, 0) is 44.0 Å². The van der Waals surface area contributed by atoms with Gasteiger partial charge in [0.25, 0.3) is 5.91 Å². The molecule has 0 aliphatic heterocycles. The highest BCUT2D eigenvalue weighted by molar-refractivity contribution is 7.16. The lowest BCUT2D eigenvalue weighted by molar-refractivity contribution is -0.139. The first kappa shape index (κ1) is 16.2. The highest BCUT2D eigenvalue weighted by Crippen LogP contribution is 2.24. The first-order valence-corrected chi connectivity index (χ1v) is 7.64. The van der Waals surface area contributed by atoms with Crippen molar-refractivity contribution in [1.29, 1.82) is 0 Å². The van der Waals surface area contributed by atoms with Crippen molar-refractivity contribution in [3.8, 4) is 0 Å². The number of hydrogen-bond donors (Lipinski definition) is 1. The van der Waals surface area contributed by atoms with Gasteiger partial charge in [-0.3, -0.25) is 14.9 Å². The molecule has 22 heavy (non-hydrogen) atoms. The third-order valence-corrected chi connectivity index (χ3v) is 4.49. The van der Waals surface area contributed by atoms with Gasteiger partial charge in [0.1, 0.15) is 0 Å². The minimum atomic E-state index is -0.321. The fourth-order valence-electron chi connectivity index (χ4n) is 1.90. The van der Waals surface area contributed by atoms with Crippen molar-refractivity contribution in [3.05, 3.63) is 45.5 Å². The first-order chi connectivity index (χ1) is 10.4. The van der Waals surface area contributed by atoms with E-state index in [0.717, 1.165) is 21.7 Å². The number of hydrogen-bond acceptors (Lipinski definition) is 5. The summed E-state index contributed by atoms with van der Waals surface area (Å²) in [4.78, 5) is 28.6. The van der Waals surface area contributed by atoms with Gasteiger partial charge in [0, 0.05) is 10.4 Å². The fraction of sp³-hybridized carbons (Fsp3) is 0.312. The van der Waals surface area contributed by atoms with Gasteiger partial charge in [-0.1, -0.05) is 6.07 Å². The van der Waals surface area contributed by atoms with Crippen LogP contribution in [0.1, 0.15) is 32.1 Å². The molecule has 0 unspecified atom stereocenters. The predicted octanol–water partition coefficient (Wildman–Crippen LogP) is 3.04. The molecule has 116 valence electrons. The third-order valence-electron chi connectivity index (χ3n) is 3.41. The molecule has 0 fully saturated rings. The van der Waals surface area contributed by atoms with E-state index < -0.39 is 0 Å². The summed E-state index contributed by atoms with van der Waals surface area (Å²) in [6.07, 6.45) is 0.166. The Bertz CT molecular complexity index is 722. The summed E-state index contributed by atoms with van der Waals surface area (Å²) in [5.41, 5.74) is 3.52. The molecule has 1 aromatic heterocycles. The maximum atomic E-state index is 12.2. The smallest absolute Gasteiger partial charge is 0.310 e. The van der Waals surface area contributed by atoms with E-state index >= 15 is 0 Å². The molecule has 0 saturated carbocycles. The molecule has 1 N–H and O–H groups in total. The van der Waals surface area contributed by atoms with Crippen molar-refractivity contribution in [1.82, 2.24) is 4.98 Å². The van der Waals surface area contributed by atoms with Gasteiger partial charge < -0.3 is 4.74 Å². The van der Waals surface area contributed by atoms with E-state index in [2.05, 4.69) is 15.0 Å². The normalized spacial score (nSPS) is 10.4. The Morgan fingerprint density at radius 1 is 1.23 bits per heavy atom. The largest absolute Gasteiger partial charge is 0.469 e. The van der Waals surface area contributed by atoms with Gasteiger partial charge in [0.05, 0.1) is 19.2 Å². The fourth-order valence-corrected chi connectivity index (χ4v) is 2.84. The average Bonchev–Trinajstić information content (AvgIpc) is 2.81. The highest BCUT2D eigenvalue weighted by atomic mass is 32.1. The number of nitrogens with one attached hydrogen (secondary N) is 1. The third kappa shape index (κ3) is 3.71. The minimum Gasteiger partial charge on any atom is -0.469 e. The van der Waals surface area contributed by atoms with Crippen LogP contribution in [-0.2, 0) is 16.0 Å². The molecule has 0 bridgehead atoms. The lowest BCUT2D eigenvalue weighted by atomic mass is 10.1.